The van der Waals surface area contributed by atoms with Gasteiger partial charge in [0.05, 0.1) is 51.7 Å². The summed E-state index contributed by atoms with van der Waals surface area (Å²) in [5.41, 5.74) is 7.41. The van der Waals surface area contributed by atoms with Gasteiger partial charge >= 0.3 is 0 Å². The summed E-state index contributed by atoms with van der Waals surface area (Å²) >= 11 is 0. The molecule has 4 heterocycles. The highest BCUT2D eigenvalue weighted by Gasteiger charge is 2.29. The molecule has 0 aliphatic heterocycles. The summed E-state index contributed by atoms with van der Waals surface area (Å²) in [6, 6.07) is 16.5. The highest BCUT2D eigenvalue weighted by atomic mass is 15.4. The standard InChI is InChI=1S/C26H19N9/c27-12-19-25(34-14-22(30-32-34)16-7-8-16)18-10-9-17(33-13-21(29-31-33)15-5-6-15)11-24(18)35-23-4-2-1-3-20(23)28-26(19)35/h1-4,9-11,13-16H,5-8H2. The number of nitrogens with zero attached hydrogens (tertiary/aromatic N) is 9. The Morgan fingerprint density at radius 2 is 1.54 bits per heavy atom. The number of pyridine rings is 1. The normalized spacial score (nSPS) is 15.9. The smallest absolute Gasteiger partial charge is 0.158 e. The predicted octanol–water partition coefficient (Wildman–Crippen LogP) is 4.43. The van der Waals surface area contributed by atoms with Crippen LogP contribution in [0.4, 0.5) is 0 Å². The van der Waals surface area contributed by atoms with Crippen molar-refractivity contribution in [2.75, 3.05) is 0 Å². The van der Waals surface area contributed by atoms with Crippen LogP contribution in [0.2, 0.25) is 0 Å². The van der Waals surface area contributed by atoms with Gasteiger partial charge in [-0.3, -0.25) is 4.40 Å². The Morgan fingerprint density at radius 1 is 0.829 bits per heavy atom. The Balaban J connectivity index is 1.46. The van der Waals surface area contributed by atoms with Crippen LogP contribution in [0.25, 0.3) is 39.0 Å². The molecule has 2 aromatic carbocycles. The topological polar surface area (TPSA) is 103 Å². The molecular formula is C26H19N9. The van der Waals surface area contributed by atoms with Crippen LogP contribution in [-0.4, -0.2) is 39.4 Å². The molecule has 0 spiro atoms. The van der Waals surface area contributed by atoms with E-state index in [1.54, 1.807) is 4.68 Å². The van der Waals surface area contributed by atoms with E-state index >= 15 is 0 Å². The number of imidazole rings is 1. The van der Waals surface area contributed by atoms with Crippen LogP contribution >= 0.6 is 0 Å². The summed E-state index contributed by atoms with van der Waals surface area (Å²) in [5.74, 6) is 1.00. The van der Waals surface area contributed by atoms with E-state index in [1.165, 1.54) is 12.8 Å². The second-order valence-electron chi connectivity index (χ2n) is 9.52. The number of hydrogen-bond acceptors (Lipinski definition) is 6. The molecule has 2 aliphatic rings. The van der Waals surface area contributed by atoms with E-state index in [2.05, 4.69) is 37.2 Å². The lowest BCUT2D eigenvalue weighted by atomic mass is 10.1. The van der Waals surface area contributed by atoms with E-state index < -0.39 is 0 Å². The fourth-order valence-corrected chi connectivity index (χ4v) is 4.99. The van der Waals surface area contributed by atoms with Crippen molar-refractivity contribution in [2.24, 2.45) is 0 Å². The quantitative estimate of drug-likeness (QED) is 0.388. The third-order valence-corrected chi connectivity index (χ3v) is 7.12. The maximum Gasteiger partial charge on any atom is 0.158 e. The molecule has 0 amide bonds. The molecule has 0 bridgehead atoms. The molecule has 168 valence electrons. The first-order chi connectivity index (χ1) is 17.3. The molecule has 0 radical (unpaired) electrons. The molecule has 2 aliphatic carbocycles. The van der Waals surface area contributed by atoms with Gasteiger partial charge in [-0.05, 0) is 56.0 Å². The minimum absolute atomic E-state index is 0.470. The van der Waals surface area contributed by atoms with Crippen LogP contribution in [0.5, 0.6) is 0 Å². The van der Waals surface area contributed by atoms with Gasteiger partial charge in [0, 0.05) is 17.2 Å². The Labute approximate surface area is 199 Å². The Bertz CT molecular complexity index is 1840. The van der Waals surface area contributed by atoms with Crippen LogP contribution in [0, 0.1) is 11.3 Å². The van der Waals surface area contributed by atoms with Gasteiger partial charge in [0.15, 0.2) is 5.65 Å². The van der Waals surface area contributed by atoms with Crippen LogP contribution in [0.15, 0.2) is 54.9 Å². The van der Waals surface area contributed by atoms with Crippen LogP contribution in [0.3, 0.4) is 0 Å². The Hall–Kier alpha value is -4.58. The van der Waals surface area contributed by atoms with Crippen molar-refractivity contribution >= 4 is 27.6 Å². The van der Waals surface area contributed by atoms with Gasteiger partial charge in [0.25, 0.3) is 0 Å². The van der Waals surface area contributed by atoms with Crippen LogP contribution in [0.1, 0.15) is 54.5 Å². The van der Waals surface area contributed by atoms with E-state index in [-0.39, 0.29) is 0 Å². The first-order valence-electron chi connectivity index (χ1n) is 11.9. The zero-order valence-electron chi connectivity index (χ0n) is 18.7. The third kappa shape index (κ3) is 2.77. The molecule has 9 nitrogen and oxygen atoms in total. The molecule has 0 atom stereocenters. The average molecular weight is 458 g/mol. The molecule has 0 N–H and O–H groups in total. The van der Waals surface area contributed by atoms with E-state index in [4.69, 9.17) is 4.98 Å². The zero-order chi connectivity index (χ0) is 23.1. The maximum absolute atomic E-state index is 10.3. The molecular weight excluding hydrogens is 438 g/mol. The number of nitriles is 1. The second-order valence-corrected chi connectivity index (χ2v) is 9.52. The van der Waals surface area contributed by atoms with Crippen LogP contribution in [-0.2, 0) is 0 Å². The second kappa shape index (κ2) is 6.73. The first kappa shape index (κ1) is 18.8. The lowest BCUT2D eigenvalue weighted by Crippen LogP contribution is -2.05. The van der Waals surface area contributed by atoms with Crippen molar-refractivity contribution in [3.8, 4) is 17.4 Å². The number of aromatic nitrogens is 8. The molecule has 9 heteroatoms. The number of benzene rings is 2. The minimum atomic E-state index is 0.470. The van der Waals surface area contributed by atoms with Crippen LogP contribution < -0.4 is 0 Å². The summed E-state index contributed by atoms with van der Waals surface area (Å²) in [5, 5.41) is 28.8. The summed E-state index contributed by atoms with van der Waals surface area (Å²) in [6.07, 6.45) is 8.61. The summed E-state index contributed by atoms with van der Waals surface area (Å²) < 4.78 is 5.64. The Morgan fingerprint density at radius 3 is 2.29 bits per heavy atom. The number of rotatable bonds is 4. The summed E-state index contributed by atoms with van der Waals surface area (Å²) in [7, 11) is 0. The lowest BCUT2D eigenvalue weighted by molar-refractivity contribution is 0.795. The van der Waals surface area contributed by atoms with Gasteiger partial charge in [-0.1, -0.05) is 22.6 Å². The molecule has 0 saturated heterocycles. The third-order valence-electron chi connectivity index (χ3n) is 7.12. The molecule has 2 fully saturated rings. The van der Waals surface area contributed by atoms with Crippen molar-refractivity contribution in [1.29, 1.82) is 5.26 Å². The van der Waals surface area contributed by atoms with Gasteiger partial charge < -0.3 is 0 Å². The van der Waals surface area contributed by atoms with Gasteiger partial charge in [-0.25, -0.2) is 14.3 Å². The molecule has 0 unspecified atom stereocenters. The van der Waals surface area contributed by atoms with E-state index in [9.17, 15) is 5.26 Å². The number of hydrogen-bond donors (Lipinski definition) is 0. The molecule has 8 rings (SSSR count). The molecule has 2 saturated carbocycles. The average Bonchev–Trinajstić information content (AvgIpc) is 3.78. The molecule has 4 aromatic heterocycles. The Kier molecular flexibility index (Phi) is 3.62. The van der Waals surface area contributed by atoms with E-state index in [0.717, 1.165) is 51.9 Å². The van der Waals surface area contributed by atoms with Gasteiger partial charge in [0.1, 0.15) is 11.6 Å². The summed E-state index contributed by atoms with van der Waals surface area (Å²) in [4.78, 5) is 4.86. The largest absolute Gasteiger partial charge is 0.291 e. The highest BCUT2D eigenvalue weighted by molar-refractivity contribution is 5.99. The van der Waals surface area contributed by atoms with Crippen molar-refractivity contribution in [2.45, 2.75) is 37.5 Å². The molecule has 35 heavy (non-hydrogen) atoms. The van der Waals surface area contributed by atoms with Gasteiger partial charge in [-0.15, -0.1) is 10.2 Å². The van der Waals surface area contributed by atoms with Gasteiger partial charge in [0.2, 0.25) is 0 Å². The number of para-hydroxylation sites is 2. The maximum atomic E-state index is 10.3. The monoisotopic (exact) mass is 457 g/mol. The van der Waals surface area contributed by atoms with Crippen molar-refractivity contribution < 1.29 is 0 Å². The highest BCUT2D eigenvalue weighted by Crippen LogP contribution is 2.40. The predicted molar refractivity (Wildman–Crippen MR) is 129 cm³/mol. The van der Waals surface area contributed by atoms with Crippen molar-refractivity contribution in [1.82, 2.24) is 39.4 Å². The van der Waals surface area contributed by atoms with Gasteiger partial charge in [-0.2, -0.15) is 5.26 Å². The fourth-order valence-electron chi connectivity index (χ4n) is 4.99. The molecule has 6 aromatic rings. The zero-order valence-corrected chi connectivity index (χ0v) is 18.7. The van der Waals surface area contributed by atoms with Crippen molar-refractivity contribution in [3.63, 3.8) is 0 Å². The number of fused-ring (bicyclic) bond motifs is 5. The van der Waals surface area contributed by atoms with E-state index in [0.29, 0.717) is 28.7 Å². The first-order valence-corrected chi connectivity index (χ1v) is 11.9. The SMILES string of the molecule is N#Cc1c(-n2cc(C3CC3)nn2)c2ccc(-n3cc(C4CC4)nn3)cc2n2c1nc1ccccc12. The van der Waals surface area contributed by atoms with E-state index in [1.807, 2.05) is 53.5 Å². The van der Waals surface area contributed by atoms with Crippen molar-refractivity contribution in [3.05, 3.63) is 71.8 Å². The summed E-state index contributed by atoms with van der Waals surface area (Å²) in [6.45, 7) is 0. The lowest BCUT2D eigenvalue weighted by Gasteiger charge is -2.13. The fraction of sp³-hybridized carbons (Fsp3) is 0.231. The minimum Gasteiger partial charge on any atom is -0.291 e.